The predicted octanol–water partition coefficient (Wildman–Crippen LogP) is 2.27. The van der Waals surface area contributed by atoms with E-state index in [2.05, 4.69) is 39.0 Å². The van der Waals surface area contributed by atoms with Crippen LogP contribution in [-0.2, 0) is 17.9 Å². The fraction of sp³-hybridized carbons (Fsp3) is 0.389. The van der Waals surface area contributed by atoms with E-state index >= 15 is 0 Å². The van der Waals surface area contributed by atoms with Crippen molar-refractivity contribution in [1.82, 2.24) is 9.88 Å². The van der Waals surface area contributed by atoms with Crippen LogP contribution in [0.5, 0.6) is 5.75 Å². The van der Waals surface area contributed by atoms with E-state index in [0.29, 0.717) is 13.4 Å². The number of benzene rings is 1. The van der Waals surface area contributed by atoms with Crippen molar-refractivity contribution >= 4 is 5.82 Å². The van der Waals surface area contributed by atoms with E-state index in [9.17, 15) is 0 Å². The van der Waals surface area contributed by atoms with Gasteiger partial charge >= 0.3 is 0 Å². The Balaban J connectivity index is 1.36. The first-order chi connectivity index (χ1) is 11.4. The maximum atomic E-state index is 5.48. The Morgan fingerprint density at radius 1 is 1.04 bits per heavy atom. The Labute approximate surface area is 136 Å². The highest BCUT2D eigenvalue weighted by atomic mass is 16.7. The number of hydrogen-bond acceptors (Lipinski definition) is 5. The van der Waals surface area contributed by atoms with E-state index in [4.69, 9.17) is 9.47 Å². The first-order valence-corrected chi connectivity index (χ1v) is 8.09. The van der Waals surface area contributed by atoms with Crippen LogP contribution in [0.2, 0.25) is 0 Å². The van der Waals surface area contributed by atoms with E-state index in [1.165, 1.54) is 5.56 Å². The van der Waals surface area contributed by atoms with Gasteiger partial charge in [0.1, 0.15) is 11.6 Å². The van der Waals surface area contributed by atoms with Gasteiger partial charge in [-0.25, -0.2) is 4.98 Å². The smallest absolute Gasteiger partial charge is 0.189 e. The van der Waals surface area contributed by atoms with Crippen molar-refractivity contribution in [3.05, 3.63) is 53.7 Å². The van der Waals surface area contributed by atoms with E-state index in [0.717, 1.165) is 49.9 Å². The summed E-state index contributed by atoms with van der Waals surface area (Å²) in [5.74, 6) is 2.04. The average Bonchev–Trinajstić information content (AvgIpc) is 2.63. The molecule has 0 unspecified atom stereocenters. The Kier molecular flexibility index (Phi) is 4.13. The molecule has 5 heteroatoms. The van der Waals surface area contributed by atoms with Gasteiger partial charge in [-0.3, -0.25) is 4.90 Å². The molecule has 0 atom stereocenters. The van der Waals surface area contributed by atoms with Crippen molar-refractivity contribution in [2.75, 3.05) is 37.9 Å². The summed E-state index contributed by atoms with van der Waals surface area (Å²) >= 11 is 0. The van der Waals surface area contributed by atoms with Gasteiger partial charge in [0.25, 0.3) is 0 Å². The lowest BCUT2D eigenvalue weighted by Gasteiger charge is -2.35. The highest BCUT2D eigenvalue weighted by Crippen LogP contribution is 2.25. The number of nitrogens with zero attached hydrogens (tertiary/aromatic N) is 3. The van der Waals surface area contributed by atoms with Gasteiger partial charge in [0.15, 0.2) is 6.79 Å². The zero-order valence-electron chi connectivity index (χ0n) is 13.1. The first-order valence-electron chi connectivity index (χ1n) is 8.09. The zero-order valence-corrected chi connectivity index (χ0v) is 13.1. The molecule has 0 N–H and O–H groups in total. The molecule has 23 heavy (non-hydrogen) atoms. The molecule has 5 nitrogen and oxygen atoms in total. The molecule has 1 aromatic heterocycles. The molecule has 0 bridgehead atoms. The van der Waals surface area contributed by atoms with Crippen LogP contribution in [0, 0.1) is 0 Å². The van der Waals surface area contributed by atoms with Gasteiger partial charge in [-0.15, -0.1) is 0 Å². The molecule has 2 aliphatic rings. The number of ether oxygens (including phenoxy) is 2. The fourth-order valence-corrected chi connectivity index (χ4v) is 3.18. The van der Waals surface area contributed by atoms with Crippen molar-refractivity contribution in [2.24, 2.45) is 0 Å². The van der Waals surface area contributed by atoms with Crippen LogP contribution in [0.1, 0.15) is 11.1 Å². The van der Waals surface area contributed by atoms with Crippen LogP contribution in [-0.4, -0.2) is 42.9 Å². The standard InChI is InChI=1S/C18H21N3O2/c1-2-6-19-18(3-1)21-9-7-20(8-10-21)12-15-4-5-17-16(11-15)13-22-14-23-17/h1-6,11H,7-10,12-14H2. The number of anilines is 1. The summed E-state index contributed by atoms with van der Waals surface area (Å²) in [6.45, 7) is 6.14. The Morgan fingerprint density at radius 3 is 2.78 bits per heavy atom. The normalized spacial score (nSPS) is 18.3. The predicted molar refractivity (Wildman–Crippen MR) is 88.5 cm³/mol. The minimum Gasteiger partial charge on any atom is -0.467 e. The van der Waals surface area contributed by atoms with E-state index in [1.807, 2.05) is 18.3 Å². The van der Waals surface area contributed by atoms with Gasteiger partial charge in [0.05, 0.1) is 6.61 Å². The lowest BCUT2D eigenvalue weighted by molar-refractivity contribution is -0.0164. The molecule has 0 aliphatic carbocycles. The van der Waals surface area contributed by atoms with Crippen LogP contribution in [0.25, 0.3) is 0 Å². The topological polar surface area (TPSA) is 37.8 Å². The number of rotatable bonds is 3. The molecule has 1 aromatic carbocycles. The summed E-state index contributed by atoms with van der Waals surface area (Å²) < 4.78 is 10.8. The molecule has 4 rings (SSSR count). The highest BCUT2D eigenvalue weighted by molar-refractivity contribution is 5.39. The summed E-state index contributed by atoms with van der Waals surface area (Å²) in [5.41, 5.74) is 2.48. The summed E-state index contributed by atoms with van der Waals surface area (Å²) in [5, 5.41) is 0. The van der Waals surface area contributed by atoms with Gasteiger partial charge in [-0.05, 0) is 29.8 Å². The third-order valence-electron chi connectivity index (χ3n) is 4.43. The Bertz CT molecular complexity index is 655. The maximum absolute atomic E-state index is 5.48. The molecular weight excluding hydrogens is 290 g/mol. The van der Waals surface area contributed by atoms with E-state index in [-0.39, 0.29) is 0 Å². The second kappa shape index (κ2) is 6.56. The van der Waals surface area contributed by atoms with Crippen LogP contribution in [0.3, 0.4) is 0 Å². The molecule has 3 heterocycles. The van der Waals surface area contributed by atoms with Crippen LogP contribution in [0.15, 0.2) is 42.6 Å². The molecule has 2 aliphatic heterocycles. The quantitative estimate of drug-likeness (QED) is 0.869. The molecule has 0 saturated carbocycles. The Morgan fingerprint density at radius 2 is 1.96 bits per heavy atom. The summed E-state index contributed by atoms with van der Waals surface area (Å²) in [4.78, 5) is 9.28. The molecule has 0 spiro atoms. The number of aromatic nitrogens is 1. The van der Waals surface area contributed by atoms with Crippen molar-refractivity contribution < 1.29 is 9.47 Å². The third-order valence-corrected chi connectivity index (χ3v) is 4.43. The molecular formula is C18H21N3O2. The molecule has 120 valence electrons. The second-order valence-electron chi connectivity index (χ2n) is 6.00. The first kappa shape index (κ1) is 14.5. The van der Waals surface area contributed by atoms with Crippen LogP contribution < -0.4 is 9.64 Å². The fourth-order valence-electron chi connectivity index (χ4n) is 3.18. The van der Waals surface area contributed by atoms with E-state index in [1.54, 1.807) is 0 Å². The summed E-state index contributed by atoms with van der Waals surface area (Å²) in [6.07, 6.45) is 1.86. The van der Waals surface area contributed by atoms with Crippen molar-refractivity contribution in [3.8, 4) is 5.75 Å². The SMILES string of the molecule is c1ccc(N2CCN(Cc3ccc4c(c3)COCO4)CC2)nc1. The maximum Gasteiger partial charge on any atom is 0.189 e. The molecule has 2 aromatic rings. The molecule has 1 saturated heterocycles. The number of pyridine rings is 1. The zero-order chi connectivity index (χ0) is 15.5. The van der Waals surface area contributed by atoms with Gasteiger partial charge in [0, 0.05) is 44.5 Å². The van der Waals surface area contributed by atoms with Gasteiger partial charge in [-0.2, -0.15) is 0 Å². The van der Waals surface area contributed by atoms with Crippen molar-refractivity contribution in [1.29, 1.82) is 0 Å². The van der Waals surface area contributed by atoms with Crippen LogP contribution in [0.4, 0.5) is 5.82 Å². The van der Waals surface area contributed by atoms with Crippen molar-refractivity contribution in [2.45, 2.75) is 13.2 Å². The van der Waals surface area contributed by atoms with Gasteiger partial charge in [0.2, 0.25) is 0 Å². The number of hydrogen-bond donors (Lipinski definition) is 0. The van der Waals surface area contributed by atoms with Crippen molar-refractivity contribution in [3.63, 3.8) is 0 Å². The monoisotopic (exact) mass is 311 g/mol. The van der Waals surface area contributed by atoms with E-state index < -0.39 is 0 Å². The lowest BCUT2D eigenvalue weighted by Crippen LogP contribution is -2.46. The van der Waals surface area contributed by atoms with Crippen LogP contribution >= 0.6 is 0 Å². The van der Waals surface area contributed by atoms with Gasteiger partial charge in [-0.1, -0.05) is 12.1 Å². The second-order valence-corrected chi connectivity index (χ2v) is 6.00. The lowest BCUT2D eigenvalue weighted by atomic mass is 10.1. The minimum atomic E-state index is 0.363. The largest absolute Gasteiger partial charge is 0.467 e. The third kappa shape index (κ3) is 3.30. The van der Waals surface area contributed by atoms with Gasteiger partial charge < -0.3 is 14.4 Å². The number of piperazine rings is 1. The molecule has 0 radical (unpaired) electrons. The average molecular weight is 311 g/mol. The summed E-state index contributed by atoms with van der Waals surface area (Å²) in [7, 11) is 0. The Hall–Kier alpha value is -2.11. The summed E-state index contributed by atoms with van der Waals surface area (Å²) in [6, 6.07) is 12.5. The highest BCUT2D eigenvalue weighted by Gasteiger charge is 2.18. The molecule has 0 amide bonds. The molecule has 1 fully saturated rings. The number of fused-ring (bicyclic) bond motifs is 1. The minimum absolute atomic E-state index is 0.363.